The van der Waals surface area contributed by atoms with Gasteiger partial charge in [-0.15, -0.1) is 0 Å². The first kappa shape index (κ1) is 78.5. The molecule has 0 aromatic heterocycles. The lowest BCUT2D eigenvalue weighted by Crippen LogP contribution is -2.69. The predicted molar refractivity (Wildman–Crippen MR) is 295 cm³/mol. The van der Waals surface area contributed by atoms with Crippen molar-refractivity contribution in [2.45, 2.75) is 266 Å². The lowest BCUT2D eigenvalue weighted by molar-refractivity contribution is -0.404. The second kappa shape index (κ2) is 34.8. The van der Waals surface area contributed by atoms with Crippen LogP contribution >= 0.6 is 0 Å². The third-order valence-electron chi connectivity index (χ3n) is 18.2. The molecule has 560 valence electrons. The second-order valence-electron chi connectivity index (χ2n) is 25.1. The summed E-state index contributed by atoms with van der Waals surface area (Å²) in [5.41, 5.74) is 0. The van der Waals surface area contributed by atoms with Gasteiger partial charge < -0.3 is 203 Å². The lowest BCUT2D eigenvalue weighted by Gasteiger charge is -2.51. The molecule has 96 heavy (non-hydrogen) atoms. The molecule has 40 unspecified atom stereocenters. The van der Waals surface area contributed by atoms with Crippen LogP contribution in [0.3, 0.4) is 0 Å². The molecule has 30 heterocycles. The van der Waals surface area contributed by atoms with E-state index in [1.165, 1.54) is 0 Å². The Morgan fingerprint density at radius 3 is 0.615 bits per heavy atom. The fourth-order valence-corrected chi connectivity index (χ4v) is 12.7. The van der Waals surface area contributed by atoms with E-state index in [2.05, 4.69) is 0 Å². The molecule has 0 aromatic carbocycles. The van der Waals surface area contributed by atoms with E-state index in [-0.39, 0.29) is 25.7 Å². The van der Waals surface area contributed by atoms with Crippen LogP contribution in [0.2, 0.25) is 0 Å². The average molecular weight is 1410 g/mol. The largest absolute Gasteiger partial charge is 0.394 e. The van der Waals surface area contributed by atoms with E-state index in [1.54, 1.807) is 0 Å². The fraction of sp³-hybridized carbons (Fsp3) is 1.00. The van der Waals surface area contributed by atoms with Gasteiger partial charge in [-0.05, 0) is 12.3 Å². The highest BCUT2D eigenvalue weighted by Crippen LogP contribution is 2.40. The zero-order chi connectivity index (χ0) is 69.9. The summed E-state index contributed by atoms with van der Waals surface area (Å²) in [6.07, 6.45) is -80.2. The van der Waals surface area contributed by atoms with Crippen molar-refractivity contribution in [3.05, 3.63) is 0 Å². The van der Waals surface area contributed by atoms with Gasteiger partial charge in [0.15, 0.2) is 50.3 Å². The van der Waals surface area contributed by atoms with Crippen LogP contribution in [0.25, 0.3) is 0 Å². The van der Waals surface area contributed by atoms with E-state index in [0.717, 1.165) is 0 Å². The number of hydrogen-bond donors (Lipinski definition) is 23. The SMILES string of the molecule is CC(C)CCOCCOC1C2OC(CO)C(OC3OC(CO)C(OC4OC(CO)C(OC5OC(CO)C(OC6OC(CO)C(OC7OC(CO)C(OC8OC(CO)C(OC9OC(CO)C(O2)C(O)C9O)C(O)C8O)C(O)C7O)C(O)C6O)C(O)C5O)C(O)C4O)C(O)C3O)C1O. The molecule has 23 N–H and O–H groups in total. The van der Waals surface area contributed by atoms with Crippen LogP contribution in [0.5, 0.6) is 0 Å². The summed E-state index contributed by atoms with van der Waals surface area (Å²) in [5, 5.41) is 258. The van der Waals surface area contributed by atoms with Gasteiger partial charge in [-0.25, -0.2) is 0 Å². The molecule has 0 aromatic rings. The Bertz CT molecular complexity index is 2300. The maximum atomic E-state index is 12.1. The molecule has 0 saturated carbocycles. The smallest absolute Gasteiger partial charge is 0.187 e. The fourth-order valence-electron chi connectivity index (χ4n) is 12.7. The van der Waals surface area contributed by atoms with Crippen molar-refractivity contribution >= 4 is 0 Å². The van der Waals surface area contributed by atoms with Gasteiger partial charge in [0.25, 0.3) is 0 Å². The van der Waals surface area contributed by atoms with Crippen LogP contribution in [0, 0.1) is 5.92 Å². The van der Waals surface area contributed by atoms with Crippen LogP contribution in [0.15, 0.2) is 0 Å². The number of ether oxygens (including phenoxy) is 18. The Balaban J connectivity index is 0.996. The third kappa shape index (κ3) is 16.6. The molecule has 16 bridgehead atoms. The summed E-state index contributed by atoms with van der Waals surface area (Å²) in [6, 6.07) is 0. The quantitative estimate of drug-likeness (QED) is 0.0677. The molecule has 30 fully saturated rings. The second-order valence-corrected chi connectivity index (χ2v) is 25.1. The van der Waals surface area contributed by atoms with Gasteiger partial charge in [-0.1, -0.05) is 13.8 Å². The molecular formula is C55H94O41. The monoisotopic (exact) mass is 1410 g/mol. The molecule has 0 radical (unpaired) electrons. The molecule has 0 amide bonds. The van der Waals surface area contributed by atoms with Crippen LogP contribution in [0.4, 0.5) is 0 Å². The van der Waals surface area contributed by atoms with E-state index in [0.29, 0.717) is 6.42 Å². The third-order valence-corrected chi connectivity index (χ3v) is 18.2. The van der Waals surface area contributed by atoms with Gasteiger partial charge in [0.05, 0.1) is 66.1 Å². The molecule has 30 aliphatic heterocycles. The minimum absolute atomic E-state index is 0.109. The first-order valence-corrected chi connectivity index (χ1v) is 31.5. The van der Waals surface area contributed by atoms with E-state index < -0.39 is 299 Å². The van der Waals surface area contributed by atoms with Crippen LogP contribution in [-0.2, 0) is 85.3 Å². The summed E-state index contributed by atoms with van der Waals surface area (Å²) >= 11 is 0. The summed E-state index contributed by atoms with van der Waals surface area (Å²) in [4.78, 5) is 0. The number of aliphatic hydroxyl groups is 23. The molecule has 30 aliphatic rings. The van der Waals surface area contributed by atoms with Gasteiger partial charge in [0, 0.05) is 6.61 Å². The summed E-state index contributed by atoms with van der Waals surface area (Å²) < 4.78 is 105. The highest BCUT2D eigenvalue weighted by atomic mass is 16.8. The summed E-state index contributed by atoms with van der Waals surface area (Å²) in [6.45, 7) is -4.79. The molecule has 30 saturated heterocycles. The van der Waals surface area contributed by atoms with Gasteiger partial charge in [0.2, 0.25) is 0 Å². The maximum Gasteiger partial charge on any atom is 0.187 e. The Morgan fingerprint density at radius 1 is 0.229 bits per heavy atom. The normalized spacial score (nSPS) is 51.8. The van der Waals surface area contributed by atoms with Crippen LogP contribution in [-0.4, -0.2) is 436 Å². The summed E-state index contributed by atoms with van der Waals surface area (Å²) in [5.74, 6) is 0.246. The Morgan fingerprint density at radius 2 is 0.417 bits per heavy atom. The van der Waals surface area contributed by atoms with Gasteiger partial charge in [0.1, 0.15) is 195 Å². The summed E-state index contributed by atoms with van der Waals surface area (Å²) in [7, 11) is 0. The first-order chi connectivity index (χ1) is 45.8. The minimum atomic E-state index is -2.25. The Labute approximate surface area is 546 Å². The first-order valence-electron chi connectivity index (χ1n) is 31.5. The number of aliphatic hydroxyl groups excluding tert-OH is 23. The van der Waals surface area contributed by atoms with Crippen molar-refractivity contribution in [2.75, 3.05) is 72.7 Å². The van der Waals surface area contributed by atoms with Crippen molar-refractivity contribution in [3.63, 3.8) is 0 Å². The van der Waals surface area contributed by atoms with Crippen LogP contribution < -0.4 is 0 Å². The molecular weight excluding hydrogens is 1320 g/mol. The molecule has 0 spiro atoms. The van der Waals surface area contributed by atoms with E-state index in [1.807, 2.05) is 13.8 Å². The minimum Gasteiger partial charge on any atom is -0.394 e. The van der Waals surface area contributed by atoms with Crippen molar-refractivity contribution < 1.29 is 203 Å². The zero-order valence-corrected chi connectivity index (χ0v) is 51.8. The topological polar surface area (TPSA) is 631 Å². The van der Waals surface area contributed by atoms with E-state index in [4.69, 9.17) is 85.3 Å². The average Bonchev–Trinajstić information content (AvgIpc) is 0.781. The van der Waals surface area contributed by atoms with Crippen molar-refractivity contribution in [2.24, 2.45) is 5.92 Å². The van der Waals surface area contributed by atoms with E-state index >= 15 is 0 Å². The maximum absolute atomic E-state index is 12.1. The molecule has 40 atom stereocenters. The van der Waals surface area contributed by atoms with Gasteiger partial charge in [-0.3, -0.25) is 0 Å². The molecule has 41 nitrogen and oxygen atoms in total. The molecule has 41 heteroatoms. The van der Waals surface area contributed by atoms with Crippen molar-refractivity contribution in [3.8, 4) is 0 Å². The highest BCUT2D eigenvalue weighted by molar-refractivity contribution is 5.03. The number of rotatable bonds is 15. The lowest BCUT2D eigenvalue weighted by atomic mass is 9.94. The van der Waals surface area contributed by atoms with Crippen molar-refractivity contribution in [1.82, 2.24) is 0 Å². The van der Waals surface area contributed by atoms with Gasteiger partial charge >= 0.3 is 0 Å². The predicted octanol–water partition coefficient (Wildman–Crippen LogP) is -15.3. The molecule has 0 aliphatic carbocycles. The Hall–Kier alpha value is -1.64. The number of hydrogen-bond acceptors (Lipinski definition) is 41. The standard InChI is InChI=1S/C55H94O41/c1-15(2)3-4-79-5-6-80-47-38(78)46-23(14-63)88-55(47)96-45-22(13-62)87-53(37(77)30(45)70)94-43-20(11-60)85-51(35(75)28(43)68)92-41-18(9-58)83-49(33(73)26(41)66)90-39-16(7-56)81-48(31(71)24(39)64)89-40-17(8-57)82-50(32(72)25(40)65)91-42-19(10-59)84-52(34(74)27(42)67)93-44-21(12-61)86-54(95-46)36(76)29(44)69/h15-78H,3-14H2,1-2H3. The van der Waals surface area contributed by atoms with Crippen molar-refractivity contribution in [1.29, 1.82) is 0 Å². The zero-order valence-electron chi connectivity index (χ0n) is 51.8. The van der Waals surface area contributed by atoms with Gasteiger partial charge in [-0.2, -0.15) is 0 Å². The highest BCUT2D eigenvalue weighted by Gasteiger charge is 2.60. The van der Waals surface area contributed by atoms with Crippen LogP contribution in [0.1, 0.15) is 20.3 Å². The Kier molecular flexibility index (Phi) is 28.4. The van der Waals surface area contributed by atoms with E-state index in [9.17, 15) is 117 Å². The molecule has 30 rings (SSSR count).